The number of nitrogens with one attached hydrogen (secondary N) is 1. The van der Waals surface area contributed by atoms with Crippen molar-refractivity contribution in [3.63, 3.8) is 0 Å². The summed E-state index contributed by atoms with van der Waals surface area (Å²) in [6, 6.07) is 11.2. The number of methoxy groups -OCH3 is 1. The molecule has 162 valence electrons. The summed E-state index contributed by atoms with van der Waals surface area (Å²) >= 11 is 0. The Morgan fingerprint density at radius 1 is 1.27 bits per heavy atom. The smallest absolute Gasteiger partial charge is 0.231 e. The van der Waals surface area contributed by atoms with Gasteiger partial charge in [0.05, 0.1) is 19.6 Å². The molecule has 6 nitrogen and oxygen atoms in total. The van der Waals surface area contributed by atoms with Crippen molar-refractivity contribution in [3.05, 3.63) is 53.1 Å². The van der Waals surface area contributed by atoms with Crippen LogP contribution in [0.5, 0.6) is 11.5 Å². The van der Waals surface area contributed by atoms with Gasteiger partial charge in [-0.15, -0.1) is 0 Å². The number of benzene rings is 2. The van der Waals surface area contributed by atoms with Crippen LogP contribution >= 0.6 is 0 Å². The number of aliphatic hydroxyl groups is 1. The van der Waals surface area contributed by atoms with Gasteiger partial charge >= 0.3 is 0 Å². The molecule has 1 heterocycles. The van der Waals surface area contributed by atoms with Crippen molar-refractivity contribution < 1.29 is 19.4 Å². The maximum absolute atomic E-state index is 13.0. The van der Waals surface area contributed by atoms with Crippen molar-refractivity contribution in [1.82, 2.24) is 5.32 Å². The number of aryl methyl sites for hydroxylation is 1. The number of fused-ring (bicyclic) bond motifs is 1. The molecule has 2 atom stereocenters. The summed E-state index contributed by atoms with van der Waals surface area (Å²) in [7, 11) is 3.40. The normalized spacial score (nSPS) is 19.6. The van der Waals surface area contributed by atoms with E-state index in [9.17, 15) is 9.90 Å². The summed E-state index contributed by atoms with van der Waals surface area (Å²) in [6.45, 7) is 8.47. The van der Waals surface area contributed by atoms with Crippen LogP contribution in [0.2, 0.25) is 0 Å². The zero-order chi connectivity index (χ0) is 22.1. The van der Waals surface area contributed by atoms with Crippen LogP contribution in [0.1, 0.15) is 43.5 Å². The zero-order valence-electron chi connectivity index (χ0n) is 18.7. The first kappa shape index (κ1) is 22.1. The second kappa shape index (κ2) is 8.66. The average molecular weight is 413 g/mol. The van der Waals surface area contributed by atoms with Crippen molar-refractivity contribution in [2.75, 3.05) is 25.6 Å². The summed E-state index contributed by atoms with van der Waals surface area (Å²) < 4.78 is 11.3. The first-order valence-electron chi connectivity index (χ1n) is 10.3. The van der Waals surface area contributed by atoms with Gasteiger partial charge in [-0.05, 0) is 62.7 Å². The number of nitrogens with zero attached hydrogens (tertiary/aromatic N) is 1. The molecule has 0 fully saturated rings. The first-order chi connectivity index (χ1) is 14.2. The first-order valence-corrected chi connectivity index (χ1v) is 10.3. The van der Waals surface area contributed by atoms with Crippen LogP contribution in [-0.4, -0.2) is 43.4 Å². The number of rotatable bonds is 6. The van der Waals surface area contributed by atoms with E-state index in [2.05, 4.69) is 5.32 Å². The lowest BCUT2D eigenvalue weighted by Crippen LogP contribution is -2.52. The van der Waals surface area contributed by atoms with E-state index in [-0.39, 0.29) is 11.9 Å². The number of carbonyl (C=O) groups is 1. The number of ether oxygens (including phenoxy) is 2. The van der Waals surface area contributed by atoms with Crippen molar-refractivity contribution in [3.8, 4) is 11.5 Å². The zero-order valence-corrected chi connectivity index (χ0v) is 18.7. The van der Waals surface area contributed by atoms with E-state index in [0.29, 0.717) is 13.0 Å². The molecule has 2 unspecified atom stereocenters. The van der Waals surface area contributed by atoms with Crippen LogP contribution < -0.4 is 19.7 Å². The Morgan fingerprint density at radius 3 is 2.53 bits per heavy atom. The number of anilines is 1. The molecule has 0 aromatic heterocycles. The Balaban J connectivity index is 1.89. The quantitative estimate of drug-likeness (QED) is 0.761. The Morgan fingerprint density at radius 2 is 1.93 bits per heavy atom. The van der Waals surface area contributed by atoms with Crippen LogP contribution in [0.3, 0.4) is 0 Å². The SMILES string of the molecule is CCNC1c2cc(N(C)C(=O)Cc3ccc(OC)cc3)c(C)cc2OC(C)(C)C1O. The molecule has 0 spiro atoms. The lowest BCUT2D eigenvalue weighted by atomic mass is 9.85. The molecule has 2 N–H and O–H groups in total. The van der Waals surface area contributed by atoms with E-state index in [4.69, 9.17) is 9.47 Å². The Kier molecular flexibility index (Phi) is 6.38. The van der Waals surface area contributed by atoms with Gasteiger partial charge in [0, 0.05) is 18.3 Å². The summed E-state index contributed by atoms with van der Waals surface area (Å²) in [5.41, 5.74) is 2.85. The molecule has 2 aromatic rings. The van der Waals surface area contributed by atoms with Crippen molar-refractivity contribution in [2.24, 2.45) is 0 Å². The molecule has 2 aromatic carbocycles. The number of amides is 1. The highest BCUT2D eigenvalue weighted by Gasteiger charge is 2.43. The molecule has 3 rings (SSSR count). The van der Waals surface area contributed by atoms with Crippen molar-refractivity contribution in [1.29, 1.82) is 0 Å². The molecule has 1 aliphatic rings. The lowest BCUT2D eigenvalue weighted by Gasteiger charge is -2.43. The average Bonchev–Trinajstić information content (AvgIpc) is 2.71. The largest absolute Gasteiger partial charge is 0.497 e. The molecule has 1 aliphatic heterocycles. The van der Waals surface area contributed by atoms with Crippen LogP contribution in [0.15, 0.2) is 36.4 Å². The van der Waals surface area contributed by atoms with Gasteiger partial charge in [-0.3, -0.25) is 4.79 Å². The van der Waals surface area contributed by atoms with E-state index in [1.807, 2.05) is 64.1 Å². The number of likely N-dealkylation sites (N-methyl/N-ethyl adjacent to an activating group) is 2. The fraction of sp³-hybridized carbons (Fsp3) is 0.458. The van der Waals surface area contributed by atoms with Crippen LogP contribution in [-0.2, 0) is 11.2 Å². The fourth-order valence-corrected chi connectivity index (χ4v) is 3.91. The number of hydrogen-bond acceptors (Lipinski definition) is 5. The van der Waals surface area contributed by atoms with E-state index >= 15 is 0 Å². The Bertz CT molecular complexity index is 908. The minimum Gasteiger partial charge on any atom is -0.497 e. The Labute approximate surface area is 178 Å². The predicted molar refractivity (Wildman–Crippen MR) is 118 cm³/mol. The van der Waals surface area contributed by atoms with E-state index in [0.717, 1.165) is 33.9 Å². The lowest BCUT2D eigenvalue weighted by molar-refractivity contribution is -0.117. The topological polar surface area (TPSA) is 71.0 Å². The Hall–Kier alpha value is -2.57. The molecule has 1 amide bonds. The molecule has 0 bridgehead atoms. The minimum atomic E-state index is -0.708. The monoisotopic (exact) mass is 412 g/mol. The van der Waals surface area contributed by atoms with Crippen LogP contribution in [0.4, 0.5) is 5.69 Å². The van der Waals surface area contributed by atoms with Crippen molar-refractivity contribution in [2.45, 2.75) is 51.9 Å². The number of aliphatic hydroxyl groups excluding tert-OH is 1. The standard InChI is InChI=1S/C24H32N2O4/c1-7-25-22-18-14-19(15(2)12-20(18)30-24(3,4)23(22)28)26(5)21(27)13-16-8-10-17(29-6)11-9-16/h8-12,14,22-23,25,28H,7,13H2,1-6H3. The van der Waals surface area contributed by atoms with Gasteiger partial charge in [0.25, 0.3) is 0 Å². The highest BCUT2D eigenvalue weighted by Crippen LogP contribution is 2.42. The third-order valence-corrected chi connectivity index (χ3v) is 5.74. The van der Waals surface area contributed by atoms with Gasteiger partial charge in [0.15, 0.2) is 0 Å². The van der Waals surface area contributed by atoms with E-state index in [1.54, 1.807) is 19.1 Å². The molecule has 0 radical (unpaired) electrons. The van der Waals surface area contributed by atoms with Gasteiger partial charge in [0.2, 0.25) is 5.91 Å². The number of hydrogen-bond donors (Lipinski definition) is 2. The number of carbonyl (C=O) groups excluding carboxylic acids is 1. The maximum Gasteiger partial charge on any atom is 0.231 e. The highest BCUT2D eigenvalue weighted by molar-refractivity contribution is 5.95. The van der Waals surface area contributed by atoms with Crippen LogP contribution in [0.25, 0.3) is 0 Å². The molecule has 0 saturated carbocycles. The predicted octanol–water partition coefficient (Wildman–Crippen LogP) is 3.39. The summed E-state index contributed by atoms with van der Waals surface area (Å²) in [5, 5.41) is 14.2. The summed E-state index contributed by atoms with van der Waals surface area (Å²) in [4.78, 5) is 14.6. The van der Waals surface area contributed by atoms with Crippen molar-refractivity contribution >= 4 is 11.6 Å². The molecule has 6 heteroatoms. The second-order valence-corrected chi connectivity index (χ2v) is 8.34. The van der Waals surface area contributed by atoms with Gasteiger partial charge < -0.3 is 24.8 Å². The molecular formula is C24H32N2O4. The fourth-order valence-electron chi connectivity index (χ4n) is 3.91. The van der Waals surface area contributed by atoms with Gasteiger partial charge in [-0.2, -0.15) is 0 Å². The molecule has 30 heavy (non-hydrogen) atoms. The van der Waals surface area contributed by atoms with E-state index < -0.39 is 11.7 Å². The molecule has 0 aliphatic carbocycles. The molecule has 0 saturated heterocycles. The third kappa shape index (κ3) is 4.30. The maximum atomic E-state index is 13.0. The minimum absolute atomic E-state index is 0.0131. The second-order valence-electron chi connectivity index (χ2n) is 8.34. The van der Waals surface area contributed by atoms with Gasteiger partial charge in [-0.1, -0.05) is 19.1 Å². The van der Waals surface area contributed by atoms with Crippen LogP contribution in [0, 0.1) is 6.92 Å². The summed E-state index contributed by atoms with van der Waals surface area (Å²) in [5.74, 6) is 1.50. The molecular weight excluding hydrogens is 380 g/mol. The van der Waals surface area contributed by atoms with E-state index in [1.165, 1.54) is 0 Å². The van der Waals surface area contributed by atoms with Gasteiger partial charge in [-0.25, -0.2) is 0 Å². The summed E-state index contributed by atoms with van der Waals surface area (Å²) in [6.07, 6.45) is -0.416. The third-order valence-electron chi connectivity index (χ3n) is 5.74. The van der Waals surface area contributed by atoms with Gasteiger partial charge in [0.1, 0.15) is 23.2 Å². The highest BCUT2D eigenvalue weighted by atomic mass is 16.5.